The maximum absolute atomic E-state index is 12.6. The lowest BCUT2D eigenvalue weighted by Gasteiger charge is -2.45. The number of piperazine rings is 1. The minimum absolute atomic E-state index is 0.0696. The predicted molar refractivity (Wildman–Crippen MR) is 73.5 cm³/mol. The first-order chi connectivity index (χ1) is 8.45. The summed E-state index contributed by atoms with van der Waals surface area (Å²) in [5, 5.41) is 5.30. The summed E-state index contributed by atoms with van der Waals surface area (Å²) in [4.78, 5) is 15.3. The van der Waals surface area contributed by atoms with Gasteiger partial charge in [-0.1, -0.05) is 0 Å². The molecule has 0 aliphatic carbocycles. The Morgan fingerprint density at radius 2 is 2.33 bits per heavy atom. The highest BCUT2D eigenvalue weighted by Gasteiger charge is 2.37. The van der Waals surface area contributed by atoms with E-state index >= 15 is 0 Å². The fourth-order valence-electron chi connectivity index (χ4n) is 2.20. The molecule has 5 heteroatoms. The van der Waals surface area contributed by atoms with Gasteiger partial charge in [-0.05, 0) is 32.2 Å². The summed E-state index contributed by atoms with van der Waals surface area (Å²) >= 11 is 1.44. The van der Waals surface area contributed by atoms with E-state index in [2.05, 4.69) is 26.1 Å². The second-order valence-electron chi connectivity index (χ2n) is 5.33. The molecule has 2 rings (SSSR count). The molecular formula is C13H20N2O2S. The van der Waals surface area contributed by atoms with Crippen LogP contribution in [0.3, 0.4) is 0 Å². The summed E-state index contributed by atoms with van der Waals surface area (Å²) in [5.41, 5.74) is -0.168. The number of amides is 1. The van der Waals surface area contributed by atoms with Gasteiger partial charge in [0.15, 0.2) is 0 Å². The largest absolute Gasteiger partial charge is 0.495 e. The van der Waals surface area contributed by atoms with Gasteiger partial charge in [0.25, 0.3) is 5.91 Å². The summed E-state index contributed by atoms with van der Waals surface area (Å²) in [5.74, 6) is 0.743. The van der Waals surface area contributed by atoms with E-state index in [4.69, 9.17) is 4.74 Å². The molecule has 4 nitrogen and oxygen atoms in total. The Morgan fingerprint density at radius 3 is 3.00 bits per heavy atom. The third-order valence-electron chi connectivity index (χ3n) is 3.36. The molecule has 100 valence electrons. The van der Waals surface area contributed by atoms with Crippen molar-refractivity contribution in [3.63, 3.8) is 0 Å². The molecule has 1 aliphatic rings. The van der Waals surface area contributed by atoms with Crippen molar-refractivity contribution in [1.29, 1.82) is 0 Å². The second-order valence-corrected chi connectivity index (χ2v) is 6.24. The molecule has 1 unspecified atom stereocenters. The van der Waals surface area contributed by atoms with Crippen LogP contribution in [0, 0.1) is 0 Å². The number of nitrogens with one attached hydrogen (secondary N) is 1. The third kappa shape index (κ3) is 2.37. The molecule has 1 N–H and O–H groups in total. The minimum atomic E-state index is -0.168. The molecule has 1 atom stereocenters. The van der Waals surface area contributed by atoms with Crippen molar-refractivity contribution in [2.45, 2.75) is 32.4 Å². The van der Waals surface area contributed by atoms with Crippen LogP contribution in [-0.4, -0.2) is 42.6 Å². The Hall–Kier alpha value is -1.07. The van der Waals surface area contributed by atoms with Crippen molar-refractivity contribution in [2.24, 2.45) is 0 Å². The summed E-state index contributed by atoms with van der Waals surface area (Å²) in [6.45, 7) is 7.81. The van der Waals surface area contributed by atoms with E-state index in [1.54, 1.807) is 7.11 Å². The summed E-state index contributed by atoms with van der Waals surface area (Å²) < 4.78 is 5.24. The number of nitrogens with zero attached hydrogens (tertiary/aromatic N) is 1. The van der Waals surface area contributed by atoms with Crippen molar-refractivity contribution in [1.82, 2.24) is 10.2 Å². The maximum Gasteiger partial charge on any atom is 0.268 e. The van der Waals surface area contributed by atoms with Crippen LogP contribution in [0.4, 0.5) is 0 Å². The van der Waals surface area contributed by atoms with Gasteiger partial charge in [-0.25, -0.2) is 0 Å². The zero-order valence-corrected chi connectivity index (χ0v) is 12.1. The van der Waals surface area contributed by atoms with E-state index in [-0.39, 0.29) is 11.4 Å². The summed E-state index contributed by atoms with van der Waals surface area (Å²) in [7, 11) is 1.60. The normalized spacial score (nSPS) is 22.9. The van der Waals surface area contributed by atoms with Gasteiger partial charge >= 0.3 is 0 Å². The van der Waals surface area contributed by atoms with Gasteiger partial charge in [0.05, 0.1) is 12.6 Å². The Bertz CT molecular complexity index is 442. The van der Waals surface area contributed by atoms with Crippen molar-refractivity contribution < 1.29 is 9.53 Å². The predicted octanol–water partition coefficient (Wildman–Crippen LogP) is 1.97. The van der Waals surface area contributed by atoms with Gasteiger partial charge < -0.3 is 15.0 Å². The minimum Gasteiger partial charge on any atom is -0.495 e. The van der Waals surface area contributed by atoms with Crippen molar-refractivity contribution >= 4 is 17.2 Å². The highest BCUT2D eigenvalue weighted by atomic mass is 32.1. The SMILES string of the molecule is COc1ccsc1C(=O)N1CC(C)NCC1(C)C. The molecule has 2 heterocycles. The van der Waals surface area contributed by atoms with Gasteiger partial charge in [0.2, 0.25) is 0 Å². The fraction of sp³-hybridized carbons (Fsp3) is 0.615. The first kappa shape index (κ1) is 13.4. The summed E-state index contributed by atoms with van der Waals surface area (Å²) in [6.07, 6.45) is 0. The smallest absolute Gasteiger partial charge is 0.268 e. The number of ether oxygens (including phenoxy) is 1. The van der Waals surface area contributed by atoms with E-state index in [0.29, 0.717) is 16.7 Å². The molecular weight excluding hydrogens is 248 g/mol. The summed E-state index contributed by atoms with van der Waals surface area (Å²) in [6, 6.07) is 2.17. The van der Waals surface area contributed by atoms with Crippen LogP contribution in [0.1, 0.15) is 30.4 Å². The molecule has 1 aromatic heterocycles. The van der Waals surface area contributed by atoms with Crippen LogP contribution in [0.15, 0.2) is 11.4 Å². The van der Waals surface area contributed by atoms with Gasteiger partial charge in [-0.2, -0.15) is 0 Å². The van der Waals surface area contributed by atoms with E-state index in [1.807, 2.05) is 16.3 Å². The zero-order valence-electron chi connectivity index (χ0n) is 11.3. The van der Waals surface area contributed by atoms with Crippen LogP contribution in [0.2, 0.25) is 0 Å². The number of hydrogen-bond acceptors (Lipinski definition) is 4. The monoisotopic (exact) mass is 268 g/mol. The lowest BCUT2D eigenvalue weighted by Crippen LogP contribution is -2.62. The van der Waals surface area contributed by atoms with Crippen LogP contribution >= 0.6 is 11.3 Å². The van der Waals surface area contributed by atoms with Crippen LogP contribution < -0.4 is 10.1 Å². The quantitative estimate of drug-likeness (QED) is 0.891. The van der Waals surface area contributed by atoms with Crippen molar-refractivity contribution in [3.8, 4) is 5.75 Å². The topological polar surface area (TPSA) is 41.6 Å². The van der Waals surface area contributed by atoms with E-state index < -0.39 is 0 Å². The lowest BCUT2D eigenvalue weighted by atomic mass is 9.97. The molecule has 0 saturated carbocycles. The molecule has 1 fully saturated rings. The molecule has 1 aromatic rings. The van der Waals surface area contributed by atoms with Crippen LogP contribution in [0.25, 0.3) is 0 Å². The van der Waals surface area contributed by atoms with Gasteiger partial charge in [-0.15, -0.1) is 11.3 Å². The molecule has 1 amide bonds. The number of rotatable bonds is 2. The van der Waals surface area contributed by atoms with Gasteiger partial charge in [0.1, 0.15) is 10.6 Å². The standard InChI is InChI=1S/C13H20N2O2S/c1-9-7-15(13(2,3)8-14-9)12(16)11-10(17-4)5-6-18-11/h5-6,9,14H,7-8H2,1-4H3. The van der Waals surface area contributed by atoms with Crippen molar-refractivity contribution in [3.05, 3.63) is 16.3 Å². The Balaban J connectivity index is 2.26. The molecule has 18 heavy (non-hydrogen) atoms. The first-order valence-corrected chi connectivity index (χ1v) is 7.00. The Morgan fingerprint density at radius 1 is 1.61 bits per heavy atom. The van der Waals surface area contributed by atoms with E-state index in [1.165, 1.54) is 11.3 Å². The van der Waals surface area contributed by atoms with Gasteiger partial charge in [-0.3, -0.25) is 4.79 Å². The first-order valence-electron chi connectivity index (χ1n) is 6.12. The number of hydrogen-bond donors (Lipinski definition) is 1. The molecule has 1 aliphatic heterocycles. The van der Waals surface area contributed by atoms with E-state index in [0.717, 1.165) is 13.1 Å². The molecule has 0 aromatic carbocycles. The Kier molecular flexibility index (Phi) is 3.64. The van der Waals surface area contributed by atoms with E-state index in [9.17, 15) is 4.79 Å². The third-order valence-corrected chi connectivity index (χ3v) is 4.24. The molecule has 0 radical (unpaired) electrons. The second kappa shape index (κ2) is 4.90. The van der Waals surface area contributed by atoms with Crippen molar-refractivity contribution in [2.75, 3.05) is 20.2 Å². The number of carbonyl (C=O) groups is 1. The molecule has 0 bridgehead atoms. The van der Waals surface area contributed by atoms with Crippen LogP contribution in [-0.2, 0) is 0 Å². The highest BCUT2D eigenvalue weighted by molar-refractivity contribution is 7.12. The Labute approximate surface area is 112 Å². The van der Waals surface area contributed by atoms with Gasteiger partial charge in [0, 0.05) is 19.1 Å². The highest BCUT2D eigenvalue weighted by Crippen LogP contribution is 2.29. The molecule has 0 spiro atoms. The average Bonchev–Trinajstić information content (AvgIpc) is 2.79. The lowest BCUT2D eigenvalue weighted by molar-refractivity contribution is 0.0413. The number of thiophene rings is 1. The zero-order chi connectivity index (χ0) is 13.3. The molecule has 1 saturated heterocycles. The number of methoxy groups -OCH3 is 1. The maximum atomic E-state index is 12.6. The average molecular weight is 268 g/mol. The fourth-order valence-corrected chi connectivity index (χ4v) is 3.01. The van der Waals surface area contributed by atoms with Crippen LogP contribution in [0.5, 0.6) is 5.75 Å². The number of carbonyl (C=O) groups excluding carboxylic acids is 1.